The Morgan fingerprint density at radius 3 is 1.92 bits per heavy atom. The average Bonchev–Trinajstić information content (AvgIpc) is 2.99. The summed E-state index contributed by atoms with van der Waals surface area (Å²) in [5.74, 6) is -3.93. The highest BCUT2D eigenvalue weighted by Crippen LogP contribution is 2.11. The molecule has 0 aliphatic rings. The predicted molar refractivity (Wildman–Crippen MR) is 182 cm³/mol. The van der Waals surface area contributed by atoms with Crippen molar-refractivity contribution in [1.82, 2.24) is 31.9 Å². The number of aromatic nitrogens is 1. The second-order valence-electron chi connectivity index (χ2n) is 13.0. The van der Waals surface area contributed by atoms with E-state index in [9.17, 15) is 37.6 Å². The maximum atomic E-state index is 13.6. The summed E-state index contributed by atoms with van der Waals surface area (Å²) >= 11 is 0. The molecule has 0 radical (unpaired) electrons. The Balaban J connectivity index is 3.11. The molecular formula is C32H55N7O8S. The molecule has 0 bridgehead atoms. The van der Waals surface area contributed by atoms with E-state index in [1.165, 1.54) is 12.1 Å². The molecule has 0 saturated heterocycles. The van der Waals surface area contributed by atoms with Gasteiger partial charge < -0.3 is 37.1 Å². The lowest BCUT2D eigenvalue weighted by Crippen LogP contribution is -2.59. The van der Waals surface area contributed by atoms with Gasteiger partial charge in [-0.25, -0.2) is 8.42 Å². The van der Waals surface area contributed by atoms with Crippen LogP contribution < -0.4 is 36.6 Å². The Hall–Kier alpha value is -3.79. The summed E-state index contributed by atoms with van der Waals surface area (Å²) in [7, 11) is -3.76. The van der Waals surface area contributed by atoms with E-state index in [1.54, 1.807) is 20.8 Å². The second-order valence-corrected chi connectivity index (χ2v) is 15.2. The van der Waals surface area contributed by atoms with E-state index < -0.39 is 75.3 Å². The van der Waals surface area contributed by atoms with Crippen molar-refractivity contribution in [1.29, 1.82) is 0 Å². The molecule has 0 aromatic carbocycles. The van der Waals surface area contributed by atoms with Crippen LogP contribution in [0.15, 0.2) is 24.5 Å². The van der Waals surface area contributed by atoms with Crippen LogP contribution in [0.2, 0.25) is 0 Å². The van der Waals surface area contributed by atoms with Crippen LogP contribution in [0.1, 0.15) is 78.6 Å². The van der Waals surface area contributed by atoms with E-state index in [0.29, 0.717) is 24.1 Å². The maximum absolute atomic E-state index is 13.6. The van der Waals surface area contributed by atoms with Gasteiger partial charge in [-0.1, -0.05) is 48.0 Å². The molecule has 15 nitrogen and oxygen atoms in total. The summed E-state index contributed by atoms with van der Waals surface area (Å²) in [5.41, 5.74) is 0.143. The van der Waals surface area contributed by atoms with Crippen LogP contribution in [0.25, 0.3) is 0 Å². The van der Waals surface area contributed by atoms with Crippen LogP contribution in [0.4, 0.5) is 0 Å². The molecule has 1 heterocycles. The smallest absolute Gasteiger partial charge is 0.252 e. The van der Waals surface area contributed by atoms with Gasteiger partial charge >= 0.3 is 0 Å². The molecule has 0 fully saturated rings. The fourth-order valence-corrected chi connectivity index (χ4v) is 5.65. The first-order valence-electron chi connectivity index (χ1n) is 16.4. The number of carbonyl (C=O) groups excluding carboxylic acids is 5. The fourth-order valence-electron chi connectivity index (χ4n) is 4.81. The minimum Gasteiger partial charge on any atom is -0.619 e. The fraction of sp³-hybridized carbons (Fsp3) is 0.688. The number of carbonyl (C=O) groups is 5. The van der Waals surface area contributed by atoms with Gasteiger partial charge in [0.2, 0.25) is 23.6 Å². The van der Waals surface area contributed by atoms with Crippen molar-refractivity contribution in [2.45, 2.75) is 98.4 Å². The van der Waals surface area contributed by atoms with Crippen LogP contribution >= 0.6 is 0 Å². The molecule has 6 N–H and O–H groups in total. The van der Waals surface area contributed by atoms with Gasteiger partial charge in [0, 0.05) is 37.5 Å². The highest BCUT2D eigenvalue weighted by molar-refractivity contribution is 7.90. The van der Waals surface area contributed by atoms with Gasteiger partial charge in [-0.15, -0.1) is 0 Å². The van der Waals surface area contributed by atoms with Crippen molar-refractivity contribution in [3.05, 3.63) is 35.3 Å². The van der Waals surface area contributed by atoms with Crippen molar-refractivity contribution >= 4 is 39.4 Å². The molecule has 0 aliphatic carbocycles. The van der Waals surface area contributed by atoms with E-state index in [1.807, 2.05) is 34.6 Å². The quantitative estimate of drug-likeness (QED) is 0.0783. The predicted octanol–water partition coefficient (Wildman–Crippen LogP) is -0.220. The van der Waals surface area contributed by atoms with E-state index >= 15 is 0 Å². The third-order valence-electron chi connectivity index (χ3n) is 7.71. The molecule has 5 amide bonds. The Kier molecular flexibility index (Phi) is 17.5. The first kappa shape index (κ1) is 42.2. The number of hydrogen-bond acceptors (Lipinski definition) is 9. The number of sulfone groups is 1. The number of nitrogens with one attached hydrogen (secondary N) is 6. The van der Waals surface area contributed by atoms with Gasteiger partial charge in [-0.3, -0.25) is 24.0 Å². The summed E-state index contributed by atoms with van der Waals surface area (Å²) in [5, 5.41) is 27.9. The third kappa shape index (κ3) is 15.0. The first-order valence-corrected chi connectivity index (χ1v) is 18.4. The SMILES string of the molecule is CCNC(=O)[C@@H](NC(=O)[C@H](C)NC[C@H](CC(C)C)NC(=O)[C@H](CS(C)(=O)=O)NC(=O)[C@@H](NC(=O)c1cc[n+]([O-])cc1)[C@@H](C)CC)C(C)C. The first-order chi connectivity index (χ1) is 22.3. The highest BCUT2D eigenvalue weighted by Gasteiger charge is 2.33. The maximum Gasteiger partial charge on any atom is 0.252 e. The summed E-state index contributed by atoms with van der Waals surface area (Å²) in [6.07, 6.45) is 4.18. The molecule has 48 heavy (non-hydrogen) atoms. The lowest BCUT2D eigenvalue weighted by atomic mass is 9.97. The molecule has 0 aliphatic heterocycles. The normalized spacial score (nSPS) is 15.4. The van der Waals surface area contributed by atoms with Crippen molar-refractivity contribution in [3.8, 4) is 0 Å². The third-order valence-corrected chi connectivity index (χ3v) is 8.65. The van der Waals surface area contributed by atoms with E-state index in [-0.39, 0.29) is 29.9 Å². The van der Waals surface area contributed by atoms with Gasteiger partial charge in [0.05, 0.1) is 17.4 Å². The average molecular weight is 698 g/mol. The van der Waals surface area contributed by atoms with Crippen LogP contribution in [0.5, 0.6) is 0 Å². The summed E-state index contributed by atoms with van der Waals surface area (Å²) in [4.78, 5) is 65.3. The van der Waals surface area contributed by atoms with E-state index in [2.05, 4.69) is 31.9 Å². The second kappa shape index (κ2) is 19.9. The lowest BCUT2D eigenvalue weighted by molar-refractivity contribution is -0.605. The molecule has 1 rings (SSSR count). The largest absolute Gasteiger partial charge is 0.619 e. The van der Waals surface area contributed by atoms with Crippen LogP contribution in [0.3, 0.4) is 0 Å². The van der Waals surface area contributed by atoms with Gasteiger partial charge in [-0.05, 0) is 38.0 Å². The highest BCUT2D eigenvalue weighted by atomic mass is 32.2. The zero-order chi connectivity index (χ0) is 36.8. The van der Waals surface area contributed by atoms with Crippen molar-refractivity contribution in [2.24, 2.45) is 17.8 Å². The zero-order valence-corrected chi connectivity index (χ0v) is 30.4. The van der Waals surface area contributed by atoms with Crippen molar-refractivity contribution in [3.63, 3.8) is 0 Å². The summed E-state index contributed by atoms with van der Waals surface area (Å²) in [6, 6.07) is -2.01. The number of nitrogens with zero attached hydrogens (tertiary/aromatic N) is 1. The van der Waals surface area contributed by atoms with Gasteiger partial charge in [0.25, 0.3) is 5.91 Å². The molecule has 0 saturated carbocycles. The molecule has 0 spiro atoms. The number of amides is 5. The Morgan fingerprint density at radius 1 is 0.812 bits per heavy atom. The minimum atomic E-state index is -3.76. The molecule has 16 heteroatoms. The molecule has 0 unspecified atom stereocenters. The van der Waals surface area contributed by atoms with Crippen LogP contribution in [-0.4, -0.2) is 93.3 Å². The molecule has 1 aromatic heterocycles. The number of pyridine rings is 1. The monoisotopic (exact) mass is 697 g/mol. The van der Waals surface area contributed by atoms with Crippen LogP contribution in [0, 0.1) is 23.0 Å². The number of hydrogen-bond donors (Lipinski definition) is 6. The summed E-state index contributed by atoms with van der Waals surface area (Å²) < 4.78 is 25.2. The number of likely N-dealkylation sites (N-methyl/N-ethyl adjacent to an activating group) is 1. The van der Waals surface area contributed by atoms with Gasteiger partial charge in [-0.2, -0.15) is 4.73 Å². The summed E-state index contributed by atoms with van der Waals surface area (Å²) in [6.45, 7) is 15.0. The van der Waals surface area contributed by atoms with E-state index in [4.69, 9.17) is 0 Å². The Morgan fingerprint density at radius 2 is 1.42 bits per heavy atom. The zero-order valence-electron chi connectivity index (χ0n) is 29.6. The van der Waals surface area contributed by atoms with Gasteiger partial charge in [0.15, 0.2) is 12.4 Å². The molecular weight excluding hydrogens is 642 g/mol. The number of rotatable bonds is 20. The van der Waals surface area contributed by atoms with Crippen molar-refractivity contribution in [2.75, 3.05) is 25.1 Å². The van der Waals surface area contributed by atoms with Crippen molar-refractivity contribution < 1.29 is 37.1 Å². The van der Waals surface area contributed by atoms with Crippen LogP contribution in [-0.2, 0) is 29.0 Å². The molecule has 1 aromatic rings. The van der Waals surface area contributed by atoms with Gasteiger partial charge in [0.1, 0.15) is 28.0 Å². The topological polar surface area (TPSA) is 219 Å². The minimum absolute atomic E-state index is 0.103. The lowest BCUT2D eigenvalue weighted by Gasteiger charge is -2.29. The molecule has 272 valence electrons. The Labute approximate surface area is 284 Å². The standard InChI is InChI=1S/C32H55N7O8S/c1-10-21(7)27(38-29(41)23-12-14-39(45)15-13-23)32(44)36-25(18-48(9,46)47)30(42)35-24(16-19(3)4)17-34-22(8)28(40)37-26(20(5)6)31(43)33-11-2/h12-15,19-22,24-27,34H,10-11,16-18H2,1-9H3,(H,33,43)(H,35,42)(H,36,44)(H,37,40)(H,38,41)/t21-,22-,24-,25-,26-,27-/m0/s1. The van der Waals surface area contributed by atoms with E-state index in [0.717, 1.165) is 18.6 Å². The molecule has 6 atom stereocenters. The Bertz CT molecular complexity index is 1340.